The summed E-state index contributed by atoms with van der Waals surface area (Å²) in [4.78, 5) is 1.10. The molecule has 1 radical (unpaired) electrons. The Balaban J connectivity index is 1.33. The van der Waals surface area contributed by atoms with Crippen LogP contribution in [0.4, 0.5) is 0 Å². The Hall–Kier alpha value is 0.470. The summed E-state index contributed by atoms with van der Waals surface area (Å²) in [6.07, 6.45) is 2.13. The Morgan fingerprint density at radius 3 is 1.97 bits per heavy atom. The van der Waals surface area contributed by atoms with Gasteiger partial charge in [0.2, 0.25) is 0 Å². The third-order valence-corrected chi connectivity index (χ3v) is 17.8. The van der Waals surface area contributed by atoms with Crippen molar-refractivity contribution in [3.05, 3.63) is 60.5 Å². The van der Waals surface area contributed by atoms with E-state index in [4.69, 9.17) is 0 Å². The van der Waals surface area contributed by atoms with Crippen LogP contribution >= 0.6 is 94.1 Å². The molecule has 0 amide bonds. The maximum atomic E-state index is 13.0. The fraction of sp³-hybridized carbons (Fsp3) is 0.409. The van der Waals surface area contributed by atoms with Crippen LogP contribution in [-0.2, 0) is 5.21 Å². The van der Waals surface area contributed by atoms with Crippen molar-refractivity contribution in [3.8, 4) is 0 Å². The van der Waals surface area contributed by atoms with E-state index in [0.717, 1.165) is 14.7 Å². The largest absolute Gasteiger partial charge is 0.714 e. The van der Waals surface area contributed by atoms with E-state index in [1.165, 1.54) is 36.9 Å². The molecule has 0 aromatic heterocycles. The Morgan fingerprint density at radius 1 is 0.882 bits per heavy atom. The fourth-order valence-electron chi connectivity index (χ4n) is 3.47. The molecule has 0 atom stereocenters. The lowest BCUT2D eigenvalue weighted by Gasteiger charge is -2.32. The van der Waals surface area contributed by atoms with Crippen molar-refractivity contribution in [1.82, 2.24) is 5.06 Å². The van der Waals surface area contributed by atoms with Crippen molar-refractivity contribution in [3.63, 3.8) is 0 Å². The maximum Gasteiger partial charge on any atom is 0.316 e. The van der Waals surface area contributed by atoms with Gasteiger partial charge < -0.3 is 5.21 Å². The van der Waals surface area contributed by atoms with Crippen LogP contribution in [-0.4, -0.2) is 44.5 Å². The fourth-order valence-corrected chi connectivity index (χ4v) is 15.0. The number of rotatable bonds is 4. The molecule has 0 unspecified atom stereocenters. The van der Waals surface area contributed by atoms with Crippen molar-refractivity contribution in [1.29, 1.82) is 0 Å². The summed E-state index contributed by atoms with van der Waals surface area (Å²) in [6, 6.07) is 7.82. The average molecular weight is 604 g/mol. The second-order valence-corrected chi connectivity index (χ2v) is 18.4. The highest BCUT2D eigenvalue weighted by molar-refractivity contribution is 8.45. The standard InChI is InChI=1S/C22H23N2O2S8/c1-21(2)22(3,4)24(26)14(23(21)25)12-6-8-13(9-7-12)30-18-15(27-5)31-19(34-18)20-32-16-17(33-20)29-11-10-28-16/h6-9H,10-11H2,1-5H3. The molecule has 4 aliphatic heterocycles. The lowest BCUT2D eigenvalue weighted by atomic mass is 9.84. The first-order valence-electron chi connectivity index (χ1n) is 10.5. The van der Waals surface area contributed by atoms with Crippen LogP contribution in [0.1, 0.15) is 33.3 Å². The van der Waals surface area contributed by atoms with Crippen molar-refractivity contribution in [2.24, 2.45) is 0 Å². The van der Waals surface area contributed by atoms with Crippen molar-refractivity contribution in [2.45, 2.75) is 43.7 Å². The first-order chi connectivity index (χ1) is 16.1. The zero-order valence-electron chi connectivity index (χ0n) is 19.2. The predicted molar refractivity (Wildman–Crippen MR) is 161 cm³/mol. The lowest BCUT2D eigenvalue weighted by Crippen LogP contribution is -2.53. The first-order valence-corrected chi connectivity index (χ1v) is 17.7. The molecule has 0 bridgehead atoms. The maximum absolute atomic E-state index is 13.0. The molecule has 0 saturated carbocycles. The third-order valence-electron chi connectivity index (χ3n) is 6.20. The second kappa shape index (κ2) is 9.98. The van der Waals surface area contributed by atoms with E-state index in [2.05, 4.69) is 6.26 Å². The van der Waals surface area contributed by atoms with Crippen LogP contribution in [0.5, 0.6) is 0 Å². The SMILES string of the molecule is CSC1=C(Sc2ccc(C3=[N+]([O-])C(C)(C)C(C)(C)N3[O])cc2)SC(=C2SC3=C(SCCS3)S2)S1. The number of benzene rings is 1. The Morgan fingerprint density at radius 2 is 1.44 bits per heavy atom. The predicted octanol–water partition coefficient (Wildman–Crippen LogP) is 8.44. The van der Waals surface area contributed by atoms with Gasteiger partial charge in [0.1, 0.15) is 5.54 Å². The molecule has 0 aliphatic carbocycles. The van der Waals surface area contributed by atoms with Crippen LogP contribution in [0.2, 0.25) is 0 Å². The molecular formula is C22H23N2O2S8. The first kappa shape index (κ1) is 26.1. The third kappa shape index (κ3) is 4.51. The average Bonchev–Trinajstić information content (AvgIpc) is 3.46. The molecule has 4 nitrogen and oxygen atoms in total. The highest BCUT2D eigenvalue weighted by Crippen LogP contribution is 2.67. The number of hydrogen-bond donors (Lipinski definition) is 0. The molecule has 5 rings (SSSR count). The highest BCUT2D eigenvalue weighted by atomic mass is 32.3. The zero-order valence-corrected chi connectivity index (χ0v) is 25.7. The van der Waals surface area contributed by atoms with Crippen molar-refractivity contribution < 1.29 is 9.95 Å². The minimum atomic E-state index is -0.807. The van der Waals surface area contributed by atoms with Gasteiger partial charge >= 0.3 is 5.84 Å². The topological polar surface area (TPSA) is 49.2 Å². The normalized spacial score (nSPS) is 24.1. The Bertz CT molecular complexity index is 1130. The van der Waals surface area contributed by atoms with Crippen LogP contribution in [0.15, 0.2) is 54.6 Å². The van der Waals surface area contributed by atoms with Gasteiger partial charge in [-0.15, -0.1) is 35.3 Å². The number of hydrogen-bond acceptors (Lipinski definition) is 10. The quantitative estimate of drug-likeness (QED) is 0.247. The summed E-state index contributed by atoms with van der Waals surface area (Å²) in [7, 11) is 0. The molecule has 181 valence electrons. The summed E-state index contributed by atoms with van der Waals surface area (Å²) in [5, 5.41) is 26.8. The molecule has 0 saturated heterocycles. The zero-order chi connectivity index (χ0) is 24.3. The van der Waals surface area contributed by atoms with E-state index in [0.29, 0.717) is 5.56 Å². The van der Waals surface area contributed by atoms with Gasteiger partial charge in [-0.25, -0.2) is 0 Å². The summed E-state index contributed by atoms with van der Waals surface area (Å²) in [5.74, 6) is 2.59. The monoisotopic (exact) mass is 603 g/mol. The lowest BCUT2D eigenvalue weighted by molar-refractivity contribution is -0.539. The molecule has 34 heavy (non-hydrogen) atoms. The number of nitrogens with zero attached hydrogens (tertiary/aromatic N) is 2. The van der Waals surface area contributed by atoms with Crippen molar-refractivity contribution >= 4 is 99.9 Å². The van der Waals surface area contributed by atoms with E-state index in [-0.39, 0.29) is 5.84 Å². The molecule has 1 aromatic rings. The molecular weight excluding hydrogens is 581 g/mol. The van der Waals surface area contributed by atoms with Gasteiger partial charge in [0, 0.05) is 21.6 Å². The van der Waals surface area contributed by atoms with E-state index in [9.17, 15) is 10.4 Å². The molecule has 0 spiro atoms. The molecule has 4 heterocycles. The van der Waals surface area contributed by atoms with Crippen LogP contribution in [0.25, 0.3) is 0 Å². The second-order valence-electron chi connectivity index (χ2n) is 8.69. The molecule has 1 aromatic carbocycles. The van der Waals surface area contributed by atoms with Gasteiger partial charge in [-0.1, -0.05) is 63.9 Å². The van der Waals surface area contributed by atoms with Gasteiger partial charge in [-0.3, -0.25) is 4.74 Å². The van der Waals surface area contributed by atoms with Crippen LogP contribution < -0.4 is 0 Å². The minimum Gasteiger partial charge on any atom is -0.714 e. The molecule has 12 heteroatoms. The van der Waals surface area contributed by atoms with Crippen LogP contribution in [0.3, 0.4) is 0 Å². The number of thioether (sulfide) groups is 8. The van der Waals surface area contributed by atoms with E-state index in [1.54, 1.807) is 23.5 Å². The van der Waals surface area contributed by atoms with E-state index in [1.807, 2.05) is 123 Å². The molecule has 0 N–H and O–H groups in total. The number of amidine groups is 1. The van der Waals surface area contributed by atoms with Crippen molar-refractivity contribution in [2.75, 3.05) is 17.8 Å². The van der Waals surface area contributed by atoms with Gasteiger partial charge in [0.05, 0.1) is 31.0 Å². The van der Waals surface area contributed by atoms with Gasteiger partial charge in [0.15, 0.2) is 5.54 Å². The molecule has 4 aliphatic rings. The summed E-state index contributed by atoms with van der Waals surface area (Å²) >= 11 is 15.1. The molecule has 0 fully saturated rings. The highest BCUT2D eigenvalue weighted by Gasteiger charge is 2.59. The van der Waals surface area contributed by atoms with Gasteiger partial charge in [-0.05, 0) is 58.2 Å². The Kier molecular flexibility index (Phi) is 7.66. The summed E-state index contributed by atoms with van der Waals surface area (Å²) in [6.45, 7) is 7.29. The van der Waals surface area contributed by atoms with E-state index >= 15 is 0 Å². The number of hydroxylamine groups is 3. The van der Waals surface area contributed by atoms with Gasteiger partial charge in [-0.2, -0.15) is 0 Å². The minimum absolute atomic E-state index is 0.191. The van der Waals surface area contributed by atoms with E-state index < -0.39 is 11.1 Å². The van der Waals surface area contributed by atoms with Gasteiger partial charge in [0.25, 0.3) is 0 Å². The Labute approximate surface area is 235 Å². The summed E-state index contributed by atoms with van der Waals surface area (Å²) in [5.41, 5.74) is -0.953. The van der Waals surface area contributed by atoms with Crippen LogP contribution in [0, 0.1) is 5.21 Å². The smallest absolute Gasteiger partial charge is 0.316 e. The summed E-state index contributed by atoms with van der Waals surface area (Å²) < 4.78 is 9.24.